The zero-order valence-corrected chi connectivity index (χ0v) is 11.9. The van der Waals surface area contributed by atoms with Gasteiger partial charge in [0, 0.05) is 30.9 Å². The van der Waals surface area contributed by atoms with Crippen LogP contribution in [0.15, 0.2) is 12.4 Å². The monoisotopic (exact) mass is 302 g/mol. The van der Waals surface area contributed by atoms with Crippen LogP contribution in [-0.4, -0.2) is 47.1 Å². The van der Waals surface area contributed by atoms with Gasteiger partial charge in [-0.15, -0.1) is 0 Å². The van der Waals surface area contributed by atoms with Gasteiger partial charge in [0.05, 0.1) is 12.1 Å². The Morgan fingerprint density at radius 3 is 2.70 bits per heavy atom. The molecule has 1 aliphatic heterocycles. The van der Waals surface area contributed by atoms with Crippen molar-refractivity contribution < 1.29 is 18.3 Å². The van der Waals surface area contributed by atoms with Crippen LogP contribution in [0.1, 0.15) is 31.4 Å². The number of nitrogens with zero attached hydrogens (tertiary/aromatic N) is 2. The summed E-state index contributed by atoms with van der Waals surface area (Å²) in [4.78, 5) is 10.8. The number of aliphatic carboxylic acids is 1. The minimum atomic E-state index is -3.61. The number of aromatic nitrogens is 2. The number of carboxylic acids is 1. The first-order valence-electron chi connectivity index (χ1n) is 6.39. The predicted molar refractivity (Wildman–Crippen MR) is 71.0 cm³/mol. The summed E-state index contributed by atoms with van der Waals surface area (Å²) in [5, 5.41) is 15.3. The molecule has 20 heavy (non-hydrogen) atoms. The second-order valence-corrected chi connectivity index (χ2v) is 6.59. The first-order chi connectivity index (χ1) is 9.40. The fraction of sp³-hybridized carbons (Fsp3) is 0.636. The molecule has 0 saturated carbocycles. The molecule has 1 saturated heterocycles. The topological polar surface area (TPSA) is 115 Å². The molecule has 2 heterocycles. The van der Waals surface area contributed by atoms with Crippen molar-refractivity contribution in [1.82, 2.24) is 19.2 Å². The minimum Gasteiger partial charge on any atom is -0.481 e. The number of rotatable bonds is 5. The molecule has 1 aromatic heterocycles. The lowest BCUT2D eigenvalue weighted by Crippen LogP contribution is -2.46. The van der Waals surface area contributed by atoms with E-state index in [0.29, 0.717) is 12.8 Å². The number of piperidine rings is 1. The number of hydrogen-bond donors (Lipinski definition) is 3. The number of carboxylic acid groups (broad SMARTS) is 1. The molecule has 0 spiro atoms. The standard InChI is InChI=1S/C11H18N4O4S/c1-8(10-6-12-13-7-10)14-20(18,19)15-4-2-9(3-5-15)11(16)17/h6-9,14H,2-5H2,1H3,(H,12,13)(H,16,17). The first kappa shape index (κ1) is 14.9. The zero-order valence-electron chi connectivity index (χ0n) is 11.1. The largest absolute Gasteiger partial charge is 0.481 e. The summed E-state index contributed by atoms with van der Waals surface area (Å²) in [6.45, 7) is 2.18. The maximum atomic E-state index is 12.2. The Bertz CT molecular complexity index is 549. The van der Waals surface area contributed by atoms with Crippen molar-refractivity contribution in [3.05, 3.63) is 18.0 Å². The second kappa shape index (κ2) is 5.90. The summed E-state index contributed by atoms with van der Waals surface area (Å²) < 4.78 is 28.3. The summed E-state index contributed by atoms with van der Waals surface area (Å²) in [6.07, 6.45) is 3.88. The lowest BCUT2D eigenvalue weighted by Gasteiger charge is -2.30. The Kier molecular flexibility index (Phi) is 4.41. The van der Waals surface area contributed by atoms with Gasteiger partial charge in [0.15, 0.2) is 0 Å². The maximum absolute atomic E-state index is 12.2. The van der Waals surface area contributed by atoms with Gasteiger partial charge in [0.2, 0.25) is 0 Å². The maximum Gasteiger partial charge on any atom is 0.306 e. The van der Waals surface area contributed by atoms with Gasteiger partial charge in [-0.1, -0.05) is 0 Å². The third-order valence-corrected chi connectivity index (χ3v) is 5.18. The molecule has 2 rings (SSSR count). The van der Waals surface area contributed by atoms with Gasteiger partial charge in [0.25, 0.3) is 10.2 Å². The molecule has 9 heteroatoms. The van der Waals surface area contributed by atoms with Crippen molar-refractivity contribution in [3.63, 3.8) is 0 Å². The van der Waals surface area contributed by atoms with E-state index in [1.165, 1.54) is 4.31 Å². The van der Waals surface area contributed by atoms with E-state index in [0.717, 1.165) is 5.56 Å². The average molecular weight is 302 g/mol. The first-order valence-corrected chi connectivity index (χ1v) is 7.83. The van der Waals surface area contributed by atoms with Crippen molar-refractivity contribution in [3.8, 4) is 0 Å². The van der Waals surface area contributed by atoms with Crippen LogP contribution in [0.2, 0.25) is 0 Å². The van der Waals surface area contributed by atoms with Crippen molar-refractivity contribution in [2.24, 2.45) is 5.92 Å². The molecule has 112 valence electrons. The highest BCUT2D eigenvalue weighted by Gasteiger charge is 2.31. The highest BCUT2D eigenvalue weighted by atomic mass is 32.2. The fourth-order valence-corrected chi connectivity index (χ4v) is 3.63. The molecule has 0 aromatic carbocycles. The van der Waals surface area contributed by atoms with Crippen LogP contribution in [-0.2, 0) is 15.0 Å². The summed E-state index contributed by atoms with van der Waals surface area (Å²) in [6, 6.07) is -0.393. The van der Waals surface area contributed by atoms with Gasteiger partial charge in [-0.25, -0.2) is 0 Å². The van der Waals surface area contributed by atoms with Crippen molar-refractivity contribution in [1.29, 1.82) is 0 Å². The molecule has 0 bridgehead atoms. The van der Waals surface area contributed by atoms with E-state index in [9.17, 15) is 13.2 Å². The predicted octanol–water partition coefficient (Wildman–Crippen LogP) is 0.102. The Labute approximate surface area is 117 Å². The van der Waals surface area contributed by atoms with Gasteiger partial charge < -0.3 is 5.11 Å². The van der Waals surface area contributed by atoms with E-state index >= 15 is 0 Å². The number of carbonyl (C=O) groups is 1. The smallest absolute Gasteiger partial charge is 0.306 e. The Morgan fingerprint density at radius 2 is 2.20 bits per heavy atom. The van der Waals surface area contributed by atoms with E-state index in [4.69, 9.17) is 5.11 Å². The quantitative estimate of drug-likeness (QED) is 0.713. The Hall–Kier alpha value is -1.45. The molecule has 0 aliphatic carbocycles. The van der Waals surface area contributed by atoms with Crippen LogP contribution >= 0.6 is 0 Å². The SMILES string of the molecule is CC(NS(=O)(=O)N1CCC(C(=O)O)CC1)c1cn[nH]c1. The van der Waals surface area contributed by atoms with Gasteiger partial charge in [-0.05, 0) is 19.8 Å². The third kappa shape index (κ3) is 3.35. The van der Waals surface area contributed by atoms with Gasteiger partial charge in [-0.3, -0.25) is 9.89 Å². The summed E-state index contributed by atoms with van der Waals surface area (Å²) in [7, 11) is -3.61. The van der Waals surface area contributed by atoms with Crippen LogP contribution in [0.25, 0.3) is 0 Å². The van der Waals surface area contributed by atoms with E-state index in [2.05, 4.69) is 14.9 Å². The van der Waals surface area contributed by atoms with Gasteiger partial charge >= 0.3 is 5.97 Å². The molecule has 1 atom stereocenters. The zero-order chi connectivity index (χ0) is 14.8. The van der Waals surface area contributed by atoms with Crippen LogP contribution in [0, 0.1) is 5.92 Å². The normalized spacial score (nSPS) is 19.9. The number of nitrogens with one attached hydrogen (secondary N) is 2. The number of H-pyrrole nitrogens is 1. The molecule has 0 amide bonds. The number of hydrogen-bond acceptors (Lipinski definition) is 4. The van der Waals surface area contributed by atoms with Crippen molar-refractivity contribution in [2.45, 2.75) is 25.8 Å². The summed E-state index contributed by atoms with van der Waals surface area (Å²) in [5.74, 6) is -1.31. The highest BCUT2D eigenvalue weighted by molar-refractivity contribution is 7.87. The molecule has 3 N–H and O–H groups in total. The third-order valence-electron chi connectivity index (χ3n) is 3.49. The molecular formula is C11H18N4O4S. The molecule has 8 nitrogen and oxygen atoms in total. The van der Waals surface area contributed by atoms with Crippen molar-refractivity contribution in [2.75, 3.05) is 13.1 Å². The van der Waals surface area contributed by atoms with Crippen LogP contribution in [0.3, 0.4) is 0 Å². The molecule has 1 aromatic rings. The molecule has 1 aliphatic rings. The van der Waals surface area contributed by atoms with Gasteiger partial charge in [0.1, 0.15) is 0 Å². The Balaban J connectivity index is 1.96. The minimum absolute atomic E-state index is 0.227. The molecule has 0 radical (unpaired) electrons. The van der Waals surface area contributed by atoms with E-state index < -0.39 is 28.1 Å². The van der Waals surface area contributed by atoms with E-state index in [1.807, 2.05) is 0 Å². The van der Waals surface area contributed by atoms with Crippen LogP contribution < -0.4 is 4.72 Å². The summed E-state index contributed by atoms with van der Waals surface area (Å²) >= 11 is 0. The van der Waals surface area contributed by atoms with Crippen LogP contribution in [0.4, 0.5) is 0 Å². The van der Waals surface area contributed by atoms with Crippen molar-refractivity contribution >= 4 is 16.2 Å². The molecule has 1 fully saturated rings. The molecule has 1 unspecified atom stereocenters. The van der Waals surface area contributed by atoms with Gasteiger partial charge in [-0.2, -0.15) is 22.5 Å². The summed E-state index contributed by atoms with van der Waals surface area (Å²) in [5.41, 5.74) is 0.744. The average Bonchev–Trinajstić information content (AvgIpc) is 2.92. The van der Waals surface area contributed by atoms with E-state index in [-0.39, 0.29) is 13.1 Å². The lowest BCUT2D eigenvalue weighted by molar-refractivity contribution is -0.142. The van der Waals surface area contributed by atoms with E-state index in [1.54, 1.807) is 19.3 Å². The lowest BCUT2D eigenvalue weighted by atomic mass is 9.99. The Morgan fingerprint density at radius 1 is 1.55 bits per heavy atom. The molecular weight excluding hydrogens is 284 g/mol. The fourth-order valence-electron chi connectivity index (χ4n) is 2.21. The highest BCUT2D eigenvalue weighted by Crippen LogP contribution is 2.20. The van der Waals surface area contributed by atoms with Crippen LogP contribution in [0.5, 0.6) is 0 Å². The number of aromatic amines is 1. The second-order valence-electron chi connectivity index (χ2n) is 4.89.